The molecule has 0 fully saturated rings. The summed E-state index contributed by atoms with van der Waals surface area (Å²) in [5.74, 6) is 0.807. The average molecular weight is 340 g/mol. The quantitative estimate of drug-likeness (QED) is 0.759. The SMILES string of the molecule is CCOc1ccccc1NCCC(=O)Nc1ccccc1C(C)(C)C. The second-order valence-corrected chi connectivity index (χ2v) is 6.95. The lowest BCUT2D eigenvalue weighted by Crippen LogP contribution is -2.20. The number of hydrogen-bond donors (Lipinski definition) is 2. The van der Waals surface area contributed by atoms with Crippen LogP contribution in [0.3, 0.4) is 0 Å². The summed E-state index contributed by atoms with van der Waals surface area (Å²) in [6.07, 6.45) is 0.388. The van der Waals surface area contributed by atoms with Gasteiger partial charge in [0.15, 0.2) is 0 Å². The number of ether oxygens (including phenoxy) is 1. The predicted octanol–water partition coefficient (Wildman–Crippen LogP) is 4.82. The lowest BCUT2D eigenvalue weighted by atomic mass is 9.86. The molecule has 0 aromatic heterocycles. The average Bonchev–Trinajstić information content (AvgIpc) is 2.56. The van der Waals surface area contributed by atoms with Gasteiger partial charge in [-0.2, -0.15) is 0 Å². The van der Waals surface area contributed by atoms with E-state index in [9.17, 15) is 4.79 Å². The maximum absolute atomic E-state index is 12.3. The normalized spacial score (nSPS) is 11.0. The Morgan fingerprint density at radius 3 is 2.32 bits per heavy atom. The second-order valence-electron chi connectivity index (χ2n) is 6.95. The van der Waals surface area contributed by atoms with Gasteiger partial charge in [-0.05, 0) is 36.1 Å². The van der Waals surface area contributed by atoms with Gasteiger partial charge in [-0.3, -0.25) is 4.79 Å². The Hall–Kier alpha value is -2.49. The molecule has 0 bridgehead atoms. The lowest BCUT2D eigenvalue weighted by molar-refractivity contribution is -0.115. The molecule has 0 saturated carbocycles. The van der Waals surface area contributed by atoms with E-state index >= 15 is 0 Å². The minimum Gasteiger partial charge on any atom is -0.492 e. The molecule has 0 spiro atoms. The van der Waals surface area contributed by atoms with Crippen LogP contribution in [0.25, 0.3) is 0 Å². The van der Waals surface area contributed by atoms with Crippen molar-refractivity contribution in [3.63, 3.8) is 0 Å². The highest BCUT2D eigenvalue weighted by Crippen LogP contribution is 2.29. The molecule has 0 saturated heterocycles. The number of hydrogen-bond acceptors (Lipinski definition) is 3. The van der Waals surface area contributed by atoms with Gasteiger partial charge in [0.1, 0.15) is 5.75 Å². The Balaban J connectivity index is 1.92. The molecule has 0 unspecified atom stereocenters. The smallest absolute Gasteiger partial charge is 0.226 e. The first kappa shape index (κ1) is 18.8. The van der Waals surface area contributed by atoms with Crippen LogP contribution in [0.1, 0.15) is 39.7 Å². The first-order valence-electron chi connectivity index (χ1n) is 8.77. The van der Waals surface area contributed by atoms with Crippen LogP contribution in [0.5, 0.6) is 5.75 Å². The molecule has 2 aromatic carbocycles. The number of carbonyl (C=O) groups excluding carboxylic acids is 1. The van der Waals surface area contributed by atoms with E-state index in [1.807, 2.05) is 49.4 Å². The van der Waals surface area contributed by atoms with E-state index in [2.05, 4.69) is 37.5 Å². The third kappa shape index (κ3) is 5.52. The molecule has 2 N–H and O–H groups in total. The fraction of sp³-hybridized carbons (Fsp3) is 0.381. The van der Waals surface area contributed by atoms with Crippen LogP contribution in [-0.4, -0.2) is 19.1 Å². The zero-order valence-electron chi connectivity index (χ0n) is 15.6. The fourth-order valence-electron chi connectivity index (χ4n) is 2.66. The summed E-state index contributed by atoms with van der Waals surface area (Å²) in [5.41, 5.74) is 2.92. The van der Waals surface area contributed by atoms with Crippen LogP contribution in [0.2, 0.25) is 0 Å². The van der Waals surface area contributed by atoms with Gasteiger partial charge in [0.25, 0.3) is 0 Å². The number of para-hydroxylation sites is 3. The van der Waals surface area contributed by atoms with Crippen LogP contribution in [0, 0.1) is 0 Å². The Bertz CT molecular complexity index is 705. The molecule has 0 radical (unpaired) electrons. The number of nitrogens with one attached hydrogen (secondary N) is 2. The Labute approximate surface area is 150 Å². The zero-order chi connectivity index (χ0) is 18.3. The second kappa shape index (κ2) is 8.56. The van der Waals surface area contributed by atoms with E-state index in [0.717, 1.165) is 22.7 Å². The van der Waals surface area contributed by atoms with E-state index in [1.54, 1.807) is 0 Å². The Kier molecular flexibility index (Phi) is 6.45. The van der Waals surface area contributed by atoms with Gasteiger partial charge in [0.05, 0.1) is 12.3 Å². The van der Waals surface area contributed by atoms with Gasteiger partial charge in [-0.1, -0.05) is 51.1 Å². The molecule has 2 rings (SSSR count). The third-order valence-corrected chi connectivity index (χ3v) is 3.86. The summed E-state index contributed by atoms with van der Waals surface area (Å²) in [5, 5.41) is 6.31. The van der Waals surface area contributed by atoms with Crippen molar-refractivity contribution < 1.29 is 9.53 Å². The largest absolute Gasteiger partial charge is 0.492 e. The molecule has 25 heavy (non-hydrogen) atoms. The number of amides is 1. The van der Waals surface area contributed by atoms with E-state index in [-0.39, 0.29) is 11.3 Å². The summed E-state index contributed by atoms with van der Waals surface area (Å²) in [7, 11) is 0. The predicted molar refractivity (Wildman–Crippen MR) is 104 cm³/mol. The molecule has 0 aliphatic rings. The minimum atomic E-state index is -0.0153. The zero-order valence-corrected chi connectivity index (χ0v) is 15.6. The van der Waals surface area contributed by atoms with Crippen LogP contribution < -0.4 is 15.4 Å². The van der Waals surface area contributed by atoms with E-state index < -0.39 is 0 Å². The lowest BCUT2D eigenvalue weighted by Gasteiger charge is -2.23. The summed E-state index contributed by atoms with van der Waals surface area (Å²) in [6, 6.07) is 15.7. The molecule has 0 aliphatic heterocycles. The summed E-state index contributed by atoms with van der Waals surface area (Å²) < 4.78 is 5.58. The molecule has 0 heterocycles. The molecule has 2 aromatic rings. The van der Waals surface area contributed by atoms with Crippen molar-refractivity contribution in [1.82, 2.24) is 0 Å². The van der Waals surface area contributed by atoms with Crippen molar-refractivity contribution in [2.24, 2.45) is 0 Å². The van der Waals surface area contributed by atoms with E-state index in [4.69, 9.17) is 4.74 Å². The maximum atomic E-state index is 12.3. The third-order valence-electron chi connectivity index (χ3n) is 3.86. The van der Waals surface area contributed by atoms with Crippen LogP contribution >= 0.6 is 0 Å². The molecule has 134 valence electrons. The number of carbonyl (C=O) groups is 1. The van der Waals surface area contributed by atoms with E-state index in [1.165, 1.54) is 0 Å². The van der Waals surface area contributed by atoms with Crippen LogP contribution in [0.15, 0.2) is 48.5 Å². The maximum Gasteiger partial charge on any atom is 0.226 e. The minimum absolute atomic E-state index is 0.00177. The van der Waals surface area contributed by atoms with Crippen molar-refractivity contribution in [1.29, 1.82) is 0 Å². The fourth-order valence-corrected chi connectivity index (χ4v) is 2.66. The number of anilines is 2. The highest BCUT2D eigenvalue weighted by molar-refractivity contribution is 5.92. The van der Waals surface area contributed by atoms with Crippen molar-refractivity contribution in [2.45, 2.75) is 39.5 Å². The van der Waals surface area contributed by atoms with Gasteiger partial charge in [-0.25, -0.2) is 0 Å². The first-order chi connectivity index (χ1) is 11.9. The summed E-state index contributed by atoms with van der Waals surface area (Å²) >= 11 is 0. The molecule has 4 heteroatoms. The first-order valence-corrected chi connectivity index (χ1v) is 8.77. The molecule has 0 aliphatic carbocycles. The van der Waals surface area contributed by atoms with Crippen molar-refractivity contribution in [3.8, 4) is 5.75 Å². The van der Waals surface area contributed by atoms with E-state index in [0.29, 0.717) is 19.6 Å². The Morgan fingerprint density at radius 1 is 1.00 bits per heavy atom. The summed E-state index contributed by atoms with van der Waals surface area (Å²) in [4.78, 5) is 12.3. The standard InChI is InChI=1S/C21H28N2O2/c1-5-25-19-13-9-8-12-18(19)22-15-14-20(24)23-17-11-7-6-10-16(17)21(2,3)4/h6-13,22H,5,14-15H2,1-4H3,(H,23,24). The number of rotatable bonds is 7. The molecule has 4 nitrogen and oxygen atoms in total. The number of benzene rings is 2. The monoisotopic (exact) mass is 340 g/mol. The molecule has 1 amide bonds. The Morgan fingerprint density at radius 2 is 1.64 bits per heavy atom. The molecular formula is C21H28N2O2. The van der Waals surface area contributed by atoms with Crippen molar-refractivity contribution in [2.75, 3.05) is 23.8 Å². The van der Waals surface area contributed by atoms with Crippen LogP contribution in [0.4, 0.5) is 11.4 Å². The van der Waals surface area contributed by atoms with Crippen molar-refractivity contribution in [3.05, 3.63) is 54.1 Å². The molecule has 0 atom stereocenters. The molecular weight excluding hydrogens is 312 g/mol. The van der Waals surface area contributed by atoms with Crippen LogP contribution in [-0.2, 0) is 10.2 Å². The topological polar surface area (TPSA) is 50.4 Å². The van der Waals surface area contributed by atoms with Crippen molar-refractivity contribution >= 4 is 17.3 Å². The highest BCUT2D eigenvalue weighted by Gasteiger charge is 2.18. The van der Waals surface area contributed by atoms with Gasteiger partial charge in [0, 0.05) is 18.7 Å². The van der Waals surface area contributed by atoms with Gasteiger partial charge in [0.2, 0.25) is 5.91 Å². The van der Waals surface area contributed by atoms with Gasteiger partial charge < -0.3 is 15.4 Å². The van der Waals surface area contributed by atoms with Gasteiger partial charge >= 0.3 is 0 Å². The van der Waals surface area contributed by atoms with Gasteiger partial charge in [-0.15, -0.1) is 0 Å². The summed E-state index contributed by atoms with van der Waals surface area (Å²) in [6.45, 7) is 9.55. The highest BCUT2D eigenvalue weighted by atomic mass is 16.5.